The summed E-state index contributed by atoms with van der Waals surface area (Å²) in [4.78, 5) is 16.0. The van der Waals surface area contributed by atoms with E-state index in [-0.39, 0.29) is 5.91 Å². The van der Waals surface area contributed by atoms with Gasteiger partial charge in [-0.3, -0.25) is 9.78 Å². The molecule has 0 spiro atoms. The lowest BCUT2D eigenvalue weighted by molar-refractivity contribution is -0.0372. The Kier molecular flexibility index (Phi) is 3.40. The molecule has 1 amide bonds. The molecule has 2 atom stereocenters. The highest BCUT2D eigenvalue weighted by Gasteiger charge is 2.33. The Labute approximate surface area is 101 Å². The zero-order chi connectivity index (χ0) is 12.4. The van der Waals surface area contributed by atoms with E-state index in [1.54, 1.807) is 24.5 Å². The molecule has 17 heavy (non-hydrogen) atoms. The van der Waals surface area contributed by atoms with E-state index >= 15 is 0 Å². The summed E-state index contributed by atoms with van der Waals surface area (Å²) in [7, 11) is 0. The van der Waals surface area contributed by atoms with E-state index in [2.05, 4.69) is 18.8 Å². The molecule has 0 aromatic carbocycles. The third-order valence-corrected chi connectivity index (χ3v) is 3.29. The number of amides is 1. The van der Waals surface area contributed by atoms with Crippen LogP contribution in [0, 0.1) is 0 Å². The fourth-order valence-corrected chi connectivity index (χ4v) is 2.34. The Balaban J connectivity index is 2.15. The number of nitrogens with two attached hydrogens (primary N) is 1. The van der Waals surface area contributed by atoms with Gasteiger partial charge in [0.05, 0.1) is 0 Å². The van der Waals surface area contributed by atoms with Crippen molar-refractivity contribution in [1.82, 2.24) is 15.1 Å². The molecule has 1 saturated heterocycles. The van der Waals surface area contributed by atoms with Gasteiger partial charge in [0.1, 0.15) is 0 Å². The first-order valence-electron chi connectivity index (χ1n) is 5.88. The number of pyridine rings is 1. The van der Waals surface area contributed by atoms with Crippen LogP contribution < -0.4 is 5.84 Å². The number of aromatic nitrogens is 1. The lowest BCUT2D eigenvalue weighted by Crippen LogP contribution is -2.55. The van der Waals surface area contributed by atoms with E-state index in [0.717, 1.165) is 12.8 Å². The minimum atomic E-state index is -0.187. The van der Waals surface area contributed by atoms with Gasteiger partial charge in [-0.15, -0.1) is 0 Å². The Hall–Kier alpha value is -1.46. The van der Waals surface area contributed by atoms with Crippen molar-refractivity contribution in [2.24, 2.45) is 5.84 Å². The summed E-state index contributed by atoms with van der Waals surface area (Å²) in [6.45, 7) is 4.17. The molecule has 5 nitrogen and oxygen atoms in total. The van der Waals surface area contributed by atoms with Crippen molar-refractivity contribution in [3.63, 3.8) is 0 Å². The van der Waals surface area contributed by atoms with Crippen LogP contribution in [0.2, 0.25) is 0 Å². The minimum absolute atomic E-state index is 0.187. The van der Waals surface area contributed by atoms with Gasteiger partial charge in [-0.25, -0.2) is 11.0 Å². The van der Waals surface area contributed by atoms with Crippen molar-refractivity contribution < 1.29 is 4.79 Å². The van der Waals surface area contributed by atoms with Crippen molar-refractivity contribution in [2.45, 2.75) is 38.8 Å². The van der Waals surface area contributed by atoms with Gasteiger partial charge in [0, 0.05) is 30.0 Å². The van der Waals surface area contributed by atoms with Crippen molar-refractivity contribution in [3.8, 4) is 0 Å². The van der Waals surface area contributed by atoms with Crippen LogP contribution in [0.15, 0.2) is 24.5 Å². The van der Waals surface area contributed by atoms with Gasteiger partial charge in [-0.2, -0.15) is 5.01 Å². The molecule has 1 aliphatic heterocycles. The molecule has 1 fully saturated rings. The topological polar surface area (TPSA) is 62.5 Å². The summed E-state index contributed by atoms with van der Waals surface area (Å²) in [5, 5.41) is 3.19. The molecule has 5 heteroatoms. The number of nitrogens with zero attached hydrogens (tertiary/aromatic N) is 3. The molecule has 1 aliphatic rings. The highest BCUT2D eigenvalue weighted by Crippen LogP contribution is 2.24. The van der Waals surface area contributed by atoms with Crippen LogP contribution >= 0.6 is 0 Å². The van der Waals surface area contributed by atoms with E-state index in [9.17, 15) is 4.79 Å². The number of rotatable bonds is 2. The second-order valence-corrected chi connectivity index (χ2v) is 4.54. The fraction of sp³-hybridized carbons (Fsp3) is 0.500. The van der Waals surface area contributed by atoms with Crippen LogP contribution in [0.3, 0.4) is 0 Å². The molecule has 1 aromatic heterocycles. The first-order chi connectivity index (χ1) is 8.11. The summed E-state index contributed by atoms with van der Waals surface area (Å²) >= 11 is 0. The second kappa shape index (κ2) is 4.81. The molecule has 0 saturated carbocycles. The smallest absolute Gasteiger partial charge is 0.266 e. The normalized spacial score (nSPS) is 24.9. The number of carbonyl (C=O) groups is 1. The molecule has 1 aromatic rings. The predicted octanol–water partition coefficient (Wildman–Crippen LogP) is 1.19. The number of carbonyl (C=O) groups excluding carboxylic acids is 1. The summed E-state index contributed by atoms with van der Waals surface area (Å²) in [6, 6.07) is 3.96. The fourth-order valence-electron chi connectivity index (χ4n) is 2.34. The molecule has 92 valence electrons. The van der Waals surface area contributed by atoms with Crippen molar-refractivity contribution in [1.29, 1.82) is 0 Å². The van der Waals surface area contributed by atoms with Gasteiger partial charge >= 0.3 is 0 Å². The van der Waals surface area contributed by atoms with E-state index < -0.39 is 0 Å². The molecular formula is C12H18N4O. The first-order valence-corrected chi connectivity index (χ1v) is 5.88. The molecule has 2 N–H and O–H groups in total. The Morgan fingerprint density at radius 1 is 1.35 bits per heavy atom. The van der Waals surface area contributed by atoms with Gasteiger partial charge in [0.25, 0.3) is 5.91 Å². The summed E-state index contributed by atoms with van der Waals surface area (Å²) in [5.74, 6) is 5.74. The zero-order valence-corrected chi connectivity index (χ0v) is 10.2. The standard InChI is InChI=1S/C12H18N4O/c1-9-3-4-10(2)15(9)16(13)12(17)11-5-7-14-8-6-11/h5-10H,3-4,13H2,1-2H3. The third-order valence-electron chi connectivity index (χ3n) is 3.29. The first kappa shape index (κ1) is 12.0. The van der Waals surface area contributed by atoms with Gasteiger partial charge in [-0.1, -0.05) is 0 Å². The van der Waals surface area contributed by atoms with Gasteiger partial charge in [0.2, 0.25) is 0 Å². The second-order valence-electron chi connectivity index (χ2n) is 4.54. The van der Waals surface area contributed by atoms with Crippen molar-refractivity contribution in [3.05, 3.63) is 30.1 Å². The van der Waals surface area contributed by atoms with Crippen molar-refractivity contribution in [2.75, 3.05) is 0 Å². The SMILES string of the molecule is CC1CCC(C)N1N(N)C(=O)c1ccncc1. The van der Waals surface area contributed by atoms with Crippen LogP contribution in [0.1, 0.15) is 37.0 Å². The van der Waals surface area contributed by atoms with Gasteiger partial charge < -0.3 is 0 Å². The maximum atomic E-state index is 12.2. The quantitative estimate of drug-likeness (QED) is 0.474. The Morgan fingerprint density at radius 3 is 2.41 bits per heavy atom. The zero-order valence-electron chi connectivity index (χ0n) is 10.2. The number of hydrazine groups is 2. The number of hydrogen-bond donors (Lipinski definition) is 1. The summed E-state index contributed by atoms with van der Waals surface area (Å²) in [6.07, 6.45) is 5.33. The molecule has 0 bridgehead atoms. The maximum absolute atomic E-state index is 12.2. The predicted molar refractivity (Wildman–Crippen MR) is 64.6 cm³/mol. The molecule has 2 unspecified atom stereocenters. The van der Waals surface area contributed by atoms with E-state index in [4.69, 9.17) is 5.84 Å². The number of hydrogen-bond acceptors (Lipinski definition) is 4. The van der Waals surface area contributed by atoms with Crippen LogP contribution in [-0.2, 0) is 0 Å². The monoisotopic (exact) mass is 234 g/mol. The molecular weight excluding hydrogens is 216 g/mol. The molecule has 0 radical (unpaired) electrons. The average Bonchev–Trinajstić information content (AvgIpc) is 2.68. The van der Waals surface area contributed by atoms with Crippen LogP contribution in [0.4, 0.5) is 0 Å². The molecule has 0 aliphatic carbocycles. The van der Waals surface area contributed by atoms with Gasteiger partial charge in [0.15, 0.2) is 0 Å². The maximum Gasteiger partial charge on any atom is 0.282 e. The highest BCUT2D eigenvalue weighted by atomic mass is 16.2. The van der Waals surface area contributed by atoms with Crippen LogP contribution in [0.5, 0.6) is 0 Å². The third kappa shape index (κ3) is 2.30. The Morgan fingerprint density at radius 2 is 1.88 bits per heavy atom. The summed E-state index contributed by atoms with van der Waals surface area (Å²) in [5.41, 5.74) is 0.564. The highest BCUT2D eigenvalue weighted by molar-refractivity contribution is 5.93. The summed E-state index contributed by atoms with van der Waals surface area (Å²) < 4.78 is 0. The molecule has 2 heterocycles. The van der Waals surface area contributed by atoms with Gasteiger partial charge in [-0.05, 0) is 38.8 Å². The van der Waals surface area contributed by atoms with E-state index in [1.807, 2.05) is 5.01 Å². The van der Waals surface area contributed by atoms with E-state index in [1.165, 1.54) is 5.12 Å². The minimum Gasteiger partial charge on any atom is -0.266 e. The average molecular weight is 234 g/mol. The van der Waals surface area contributed by atoms with Crippen LogP contribution in [-0.4, -0.2) is 33.1 Å². The largest absolute Gasteiger partial charge is 0.282 e. The molecule has 2 rings (SSSR count). The van der Waals surface area contributed by atoms with E-state index in [0.29, 0.717) is 17.6 Å². The van der Waals surface area contributed by atoms with Crippen LogP contribution in [0.25, 0.3) is 0 Å². The van der Waals surface area contributed by atoms with Crippen molar-refractivity contribution >= 4 is 5.91 Å². The lowest BCUT2D eigenvalue weighted by Gasteiger charge is -2.34. The Bertz CT molecular complexity index is 385. The lowest BCUT2D eigenvalue weighted by atomic mass is 10.2.